The number of ether oxygens (including phenoxy) is 2. The van der Waals surface area contributed by atoms with Crippen LogP contribution in [0.5, 0.6) is 11.5 Å². The molecule has 7 nitrogen and oxygen atoms in total. The Hall–Kier alpha value is -2.69. The van der Waals surface area contributed by atoms with Crippen molar-refractivity contribution in [1.82, 2.24) is 10.7 Å². The summed E-state index contributed by atoms with van der Waals surface area (Å²) in [6, 6.07) is 7.89. The molecule has 1 unspecified atom stereocenters. The molecule has 2 N–H and O–H groups in total. The molecule has 1 atom stereocenters. The number of carbonyl (C=O) groups is 2. The van der Waals surface area contributed by atoms with Gasteiger partial charge in [-0.1, -0.05) is 13.8 Å². The molecule has 0 aromatic heterocycles. The summed E-state index contributed by atoms with van der Waals surface area (Å²) in [5.74, 6) is -0.349. The second-order valence-electron chi connectivity index (χ2n) is 6.90. The fourth-order valence-electron chi connectivity index (χ4n) is 2.72. The van der Waals surface area contributed by atoms with Crippen LogP contribution in [0.1, 0.15) is 36.7 Å². The second-order valence-corrected chi connectivity index (χ2v) is 8.07. The molecule has 0 saturated carbocycles. The van der Waals surface area contributed by atoms with Crippen LogP contribution < -0.4 is 20.2 Å². The summed E-state index contributed by atoms with van der Waals surface area (Å²) in [5, 5.41) is 6.67. The van der Waals surface area contributed by atoms with Crippen molar-refractivity contribution in [3.05, 3.63) is 56.9 Å². The highest BCUT2D eigenvalue weighted by Crippen LogP contribution is 2.33. The fourth-order valence-corrected chi connectivity index (χ4v) is 3.57. The van der Waals surface area contributed by atoms with E-state index in [2.05, 4.69) is 38.4 Å². The van der Waals surface area contributed by atoms with Gasteiger partial charge in [-0.3, -0.25) is 9.59 Å². The molecule has 166 valence electrons. The highest BCUT2D eigenvalue weighted by molar-refractivity contribution is 14.1. The van der Waals surface area contributed by atoms with Crippen LogP contribution in [0.15, 0.2) is 41.5 Å². The normalized spacial score (nSPS) is 12.0. The van der Waals surface area contributed by atoms with E-state index >= 15 is 0 Å². The highest BCUT2D eigenvalue weighted by Gasteiger charge is 2.24. The number of nitrogens with one attached hydrogen (secondary N) is 2. The summed E-state index contributed by atoms with van der Waals surface area (Å²) in [5.41, 5.74) is 3.44. The van der Waals surface area contributed by atoms with E-state index in [9.17, 15) is 14.0 Å². The van der Waals surface area contributed by atoms with Crippen LogP contribution in [-0.4, -0.2) is 37.8 Å². The van der Waals surface area contributed by atoms with E-state index in [-0.39, 0.29) is 11.5 Å². The second kappa shape index (κ2) is 11.6. The smallest absolute Gasteiger partial charge is 0.262 e. The summed E-state index contributed by atoms with van der Waals surface area (Å²) in [6.45, 7) is 5.96. The minimum absolute atomic E-state index is 0.189. The van der Waals surface area contributed by atoms with Crippen molar-refractivity contribution >= 4 is 40.6 Å². The molecule has 2 amide bonds. The Morgan fingerprint density at radius 1 is 1.23 bits per heavy atom. The molecule has 2 aromatic carbocycles. The van der Waals surface area contributed by atoms with E-state index in [1.54, 1.807) is 27.0 Å². The monoisotopic (exact) mass is 541 g/mol. The first-order valence-electron chi connectivity index (χ1n) is 9.66. The van der Waals surface area contributed by atoms with E-state index in [4.69, 9.17) is 9.47 Å². The highest BCUT2D eigenvalue weighted by atomic mass is 127. The molecular formula is C22H25FIN3O4. The van der Waals surface area contributed by atoms with E-state index in [0.717, 1.165) is 3.57 Å². The van der Waals surface area contributed by atoms with E-state index in [1.807, 2.05) is 13.0 Å². The molecule has 31 heavy (non-hydrogen) atoms. The van der Waals surface area contributed by atoms with Gasteiger partial charge in [0.05, 0.1) is 23.5 Å². The first kappa shape index (κ1) is 24.6. The number of amides is 2. The largest absolute Gasteiger partial charge is 0.492 e. The summed E-state index contributed by atoms with van der Waals surface area (Å²) in [6.07, 6.45) is 1.49. The molecule has 0 aliphatic heterocycles. The van der Waals surface area contributed by atoms with Crippen LogP contribution in [0.4, 0.5) is 4.39 Å². The maximum atomic E-state index is 13.1. The predicted octanol–water partition coefficient (Wildman–Crippen LogP) is 3.74. The first-order chi connectivity index (χ1) is 14.8. The number of hydrogen-bond donors (Lipinski definition) is 2. The Morgan fingerprint density at radius 2 is 1.90 bits per heavy atom. The van der Waals surface area contributed by atoms with Crippen molar-refractivity contribution in [2.75, 3.05) is 13.7 Å². The number of methoxy groups -OCH3 is 1. The maximum absolute atomic E-state index is 13.1. The van der Waals surface area contributed by atoms with Crippen LogP contribution in [0.2, 0.25) is 0 Å². The molecule has 0 spiro atoms. The predicted molar refractivity (Wildman–Crippen MR) is 125 cm³/mol. The van der Waals surface area contributed by atoms with Crippen LogP contribution in [-0.2, 0) is 4.79 Å². The summed E-state index contributed by atoms with van der Waals surface area (Å²) < 4.78 is 24.8. The van der Waals surface area contributed by atoms with Gasteiger partial charge in [0, 0.05) is 5.56 Å². The Labute approximate surface area is 194 Å². The number of hydrazone groups is 1. The van der Waals surface area contributed by atoms with Crippen LogP contribution in [0, 0.1) is 15.3 Å². The van der Waals surface area contributed by atoms with Gasteiger partial charge in [0.1, 0.15) is 11.9 Å². The van der Waals surface area contributed by atoms with Crippen molar-refractivity contribution in [3.63, 3.8) is 0 Å². The van der Waals surface area contributed by atoms with E-state index in [1.165, 1.54) is 30.5 Å². The molecule has 0 fully saturated rings. The third-order valence-corrected chi connectivity index (χ3v) is 5.07. The third-order valence-electron chi connectivity index (χ3n) is 4.27. The van der Waals surface area contributed by atoms with Gasteiger partial charge < -0.3 is 14.8 Å². The lowest BCUT2D eigenvalue weighted by Crippen LogP contribution is -2.48. The van der Waals surface area contributed by atoms with Crippen molar-refractivity contribution in [2.24, 2.45) is 11.0 Å². The standard InChI is InChI=1S/C22H25FIN3O4/c1-5-31-18-11-14(10-17(24)20(18)30-4)12-25-27-22(29)19(13(2)3)26-21(28)15-6-8-16(23)9-7-15/h6-13,19H,5H2,1-4H3,(H,26,28)(H,27,29)/b25-12+. The van der Waals surface area contributed by atoms with E-state index < -0.39 is 23.7 Å². The first-order valence-corrected chi connectivity index (χ1v) is 10.7. The zero-order chi connectivity index (χ0) is 23.0. The van der Waals surface area contributed by atoms with Gasteiger partial charge in [0.15, 0.2) is 11.5 Å². The summed E-state index contributed by atoms with van der Waals surface area (Å²) in [7, 11) is 1.57. The topological polar surface area (TPSA) is 89.0 Å². The van der Waals surface area contributed by atoms with Gasteiger partial charge in [0.2, 0.25) is 0 Å². The Kier molecular flexibility index (Phi) is 9.22. The Morgan fingerprint density at radius 3 is 2.48 bits per heavy atom. The van der Waals surface area contributed by atoms with Gasteiger partial charge in [-0.25, -0.2) is 9.82 Å². The number of benzene rings is 2. The van der Waals surface area contributed by atoms with Crippen molar-refractivity contribution in [1.29, 1.82) is 0 Å². The molecule has 0 aliphatic rings. The number of rotatable bonds is 9. The van der Waals surface area contributed by atoms with Gasteiger partial charge >= 0.3 is 0 Å². The molecule has 0 heterocycles. The lowest BCUT2D eigenvalue weighted by Gasteiger charge is -2.20. The summed E-state index contributed by atoms with van der Waals surface area (Å²) >= 11 is 2.13. The Bertz CT molecular complexity index is 949. The molecule has 0 aliphatic carbocycles. The molecule has 0 bridgehead atoms. The number of hydrogen-bond acceptors (Lipinski definition) is 5. The number of nitrogens with zero attached hydrogens (tertiary/aromatic N) is 1. The molecule has 0 radical (unpaired) electrons. The number of carbonyl (C=O) groups excluding carboxylic acids is 2. The lowest BCUT2D eigenvalue weighted by atomic mass is 10.0. The maximum Gasteiger partial charge on any atom is 0.262 e. The lowest BCUT2D eigenvalue weighted by molar-refractivity contribution is -0.123. The van der Waals surface area contributed by atoms with Crippen LogP contribution >= 0.6 is 22.6 Å². The zero-order valence-electron chi connectivity index (χ0n) is 17.7. The fraction of sp³-hybridized carbons (Fsp3) is 0.318. The van der Waals surface area contributed by atoms with Crippen LogP contribution in [0.3, 0.4) is 0 Å². The summed E-state index contributed by atoms with van der Waals surface area (Å²) in [4.78, 5) is 25.0. The van der Waals surface area contributed by atoms with Gasteiger partial charge in [0.25, 0.3) is 11.8 Å². The minimum Gasteiger partial charge on any atom is -0.492 e. The molecule has 9 heteroatoms. The van der Waals surface area contributed by atoms with Crippen molar-refractivity contribution in [3.8, 4) is 11.5 Å². The van der Waals surface area contributed by atoms with Crippen molar-refractivity contribution < 1.29 is 23.5 Å². The van der Waals surface area contributed by atoms with Crippen molar-refractivity contribution in [2.45, 2.75) is 26.8 Å². The zero-order valence-corrected chi connectivity index (χ0v) is 19.9. The number of halogens is 2. The molecule has 2 aromatic rings. The van der Waals surface area contributed by atoms with Gasteiger partial charge in [-0.2, -0.15) is 5.10 Å². The minimum atomic E-state index is -0.815. The Balaban J connectivity index is 2.08. The van der Waals surface area contributed by atoms with Gasteiger partial charge in [-0.15, -0.1) is 0 Å². The SMILES string of the molecule is CCOc1cc(/C=N/NC(=O)C(NC(=O)c2ccc(F)cc2)C(C)C)cc(I)c1OC. The van der Waals surface area contributed by atoms with Crippen LogP contribution in [0.25, 0.3) is 0 Å². The van der Waals surface area contributed by atoms with Gasteiger partial charge in [-0.05, 0) is 77.4 Å². The molecule has 0 saturated heterocycles. The average Bonchev–Trinajstić information content (AvgIpc) is 2.72. The molecular weight excluding hydrogens is 516 g/mol. The van der Waals surface area contributed by atoms with E-state index in [0.29, 0.717) is 23.7 Å². The quantitative estimate of drug-likeness (QED) is 0.288. The molecule has 2 rings (SSSR count). The average molecular weight is 541 g/mol. The third kappa shape index (κ3) is 6.91.